The molecule has 3 N–H and O–H groups in total. The number of nitrogens with zero attached hydrogens (tertiary/aromatic N) is 2. The predicted molar refractivity (Wildman–Crippen MR) is 136 cm³/mol. The first kappa shape index (κ1) is 27.5. The van der Waals surface area contributed by atoms with Crippen molar-refractivity contribution < 1.29 is 23.1 Å². The van der Waals surface area contributed by atoms with Gasteiger partial charge >= 0.3 is 6.18 Å². The molecule has 0 spiro atoms. The lowest BCUT2D eigenvalue weighted by Crippen LogP contribution is -2.46. The molecule has 0 unspecified atom stereocenters. The van der Waals surface area contributed by atoms with Crippen LogP contribution >= 0.6 is 11.9 Å². The van der Waals surface area contributed by atoms with Crippen LogP contribution in [0.3, 0.4) is 0 Å². The summed E-state index contributed by atoms with van der Waals surface area (Å²) in [6.45, 7) is 6.12. The topological polar surface area (TPSA) is 98.3 Å². The maximum atomic E-state index is 12.9. The Morgan fingerprint density at radius 3 is 2.56 bits per heavy atom. The molecule has 36 heavy (non-hydrogen) atoms. The first-order valence-electron chi connectivity index (χ1n) is 11.5. The van der Waals surface area contributed by atoms with Crippen LogP contribution in [-0.2, 0) is 0 Å². The predicted octanol–water partition coefficient (Wildman–Crippen LogP) is 3.32. The number of halogens is 3. The zero-order chi connectivity index (χ0) is 26.3. The molecule has 1 aromatic heterocycles. The number of piperidine rings is 1. The van der Waals surface area contributed by atoms with Gasteiger partial charge in [0.15, 0.2) is 0 Å². The van der Waals surface area contributed by atoms with Gasteiger partial charge in [-0.05, 0) is 68.8 Å². The Labute approximate surface area is 211 Å². The molecular weight excluding hydrogens is 493 g/mol. The second-order valence-corrected chi connectivity index (χ2v) is 9.47. The van der Waals surface area contributed by atoms with Crippen molar-refractivity contribution in [2.24, 2.45) is 0 Å². The van der Waals surface area contributed by atoms with Crippen molar-refractivity contribution in [2.75, 3.05) is 17.8 Å². The van der Waals surface area contributed by atoms with Crippen molar-refractivity contribution in [3.63, 3.8) is 0 Å². The molecule has 0 atom stereocenters. The summed E-state index contributed by atoms with van der Waals surface area (Å²) in [6.07, 6.45) is -0.0877. The third-order valence-corrected chi connectivity index (χ3v) is 7.01. The summed E-state index contributed by atoms with van der Waals surface area (Å²) in [6, 6.07) is 6.85. The van der Waals surface area contributed by atoms with E-state index in [-0.39, 0.29) is 50.2 Å². The van der Waals surface area contributed by atoms with Crippen molar-refractivity contribution in [3.05, 3.63) is 69.7 Å². The molecule has 3 rings (SSSR count). The Morgan fingerprint density at radius 2 is 1.97 bits per heavy atom. The van der Waals surface area contributed by atoms with Crippen LogP contribution in [0, 0.1) is 0 Å². The summed E-state index contributed by atoms with van der Waals surface area (Å²) in [7, 11) is 0. The number of carbonyl (C=O) groups excluding carboxylic acids is 1. The SMILES string of the molecule is C=C/C(SNc1ccc(C(=O)N2CCC(O)(CCCC(F)(F)F)CC2)cc1)=c1/nc[nH]c(=O)/c1=C/C. The molecule has 1 aromatic carbocycles. The highest BCUT2D eigenvalue weighted by Crippen LogP contribution is 2.31. The lowest BCUT2D eigenvalue weighted by Gasteiger charge is -2.38. The summed E-state index contributed by atoms with van der Waals surface area (Å²) in [4.78, 5) is 34.0. The second kappa shape index (κ2) is 11.8. The van der Waals surface area contributed by atoms with Gasteiger partial charge in [0.05, 0.1) is 27.4 Å². The molecule has 0 radical (unpaired) electrons. The van der Waals surface area contributed by atoms with E-state index >= 15 is 0 Å². The standard InChI is InChI=1S/C25H29F3N4O3S/c1-3-19-21(29-16-30-22(19)33)20(4-2)36-31-18-8-6-17(7-9-18)23(34)32-14-12-24(35,13-15-32)10-5-11-25(26,27)28/h3-4,6-9,16,31,35H,2,5,10-15H2,1H3,(H,29,30,33)/b19-3+,21-20-. The molecule has 194 valence electrons. The van der Waals surface area contributed by atoms with E-state index in [1.54, 1.807) is 48.2 Å². The number of hydrogen-bond acceptors (Lipinski definition) is 6. The fraction of sp³-hybridized carbons (Fsp3) is 0.400. The van der Waals surface area contributed by atoms with Crippen LogP contribution < -0.4 is 20.8 Å². The molecule has 1 aliphatic heterocycles. The number of aliphatic hydroxyl groups is 1. The number of benzene rings is 1. The van der Waals surface area contributed by atoms with Gasteiger partial charge in [0.2, 0.25) is 0 Å². The Hall–Kier alpha value is -3.05. The van der Waals surface area contributed by atoms with Crippen LogP contribution in [-0.4, -0.2) is 50.7 Å². The number of aromatic nitrogens is 2. The average molecular weight is 523 g/mol. The van der Waals surface area contributed by atoms with Gasteiger partial charge in [-0.1, -0.05) is 18.7 Å². The van der Waals surface area contributed by atoms with Gasteiger partial charge in [-0.15, -0.1) is 0 Å². The smallest absolute Gasteiger partial charge is 0.389 e. The van der Waals surface area contributed by atoms with E-state index in [0.717, 1.165) is 5.69 Å². The van der Waals surface area contributed by atoms with Crippen molar-refractivity contribution in [1.82, 2.24) is 14.9 Å². The number of H-pyrrole nitrogens is 1. The lowest BCUT2D eigenvalue weighted by molar-refractivity contribution is -0.138. The van der Waals surface area contributed by atoms with Crippen molar-refractivity contribution >= 4 is 34.5 Å². The molecule has 1 aliphatic rings. The molecule has 1 saturated heterocycles. The second-order valence-electron chi connectivity index (χ2n) is 8.62. The Balaban J connectivity index is 1.59. The maximum absolute atomic E-state index is 12.9. The molecule has 0 aliphatic carbocycles. The van der Waals surface area contributed by atoms with Gasteiger partial charge < -0.3 is 19.7 Å². The van der Waals surface area contributed by atoms with E-state index < -0.39 is 18.2 Å². The molecule has 1 fully saturated rings. The number of anilines is 1. The van der Waals surface area contributed by atoms with Crippen LogP contribution in [0.5, 0.6) is 0 Å². The van der Waals surface area contributed by atoms with Gasteiger partial charge in [-0.2, -0.15) is 13.2 Å². The minimum atomic E-state index is -4.23. The van der Waals surface area contributed by atoms with Gasteiger partial charge in [-0.25, -0.2) is 4.98 Å². The largest absolute Gasteiger partial charge is 0.390 e. The minimum absolute atomic E-state index is 0.0704. The van der Waals surface area contributed by atoms with E-state index in [4.69, 9.17) is 0 Å². The number of rotatable bonds is 8. The number of alkyl halides is 3. The Kier molecular flexibility index (Phi) is 9.02. The van der Waals surface area contributed by atoms with Crippen molar-refractivity contribution in [3.8, 4) is 0 Å². The number of amides is 1. The molecular formula is C25H29F3N4O3S. The highest BCUT2D eigenvalue weighted by atomic mass is 32.2. The molecule has 0 saturated carbocycles. The number of likely N-dealkylation sites (tertiary alicyclic amines) is 1. The van der Waals surface area contributed by atoms with E-state index in [2.05, 4.69) is 21.3 Å². The first-order valence-corrected chi connectivity index (χ1v) is 12.3. The Bertz CT molecular complexity index is 1250. The van der Waals surface area contributed by atoms with Crippen molar-refractivity contribution in [1.29, 1.82) is 0 Å². The van der Waals surface area contributed by atoms with Crippen LogP contribution in [0.15, 0.2) is 48.0 Å². The lowest BCUT2D eigenvalue weighted by atomic mass is 9.86. The third kappa shape index (κ3) is 7.23. The molecule has 0 bridgehead atoms. The highest BCUT2D eigenvalue weighted by Gasteiger charge is 2.35. The van der Waals surface area contributed by atoms with E-state index in [1.807, 2.05) is 0 Å². The number of carbonyl (C=O) groups is 1. The fourth-order valence-electron chi connectivity index (χ4n) is 4.03. The molecule has 11 heteroatoms. The zero-order valence-corrected chi connectivity index (χ0v) is 20.7. The summed E-state index contributed by atoms with van der Waals surface area (Å²) in [5, 5.41) is 11.5. The summed E-state index contributed by atoms with van der Waals surface area (Å²) < 4.78 is 40.3. The van der Waals surface area contributed by atoms with Gasteiger partial charge in [-0.3, -0.25) is 9.59 Å². The monoisotopic (exact) mass is 522 g/mol. The number of aromatic amines is 1. The molecule has 1 amide bonds. The number of hydrogen-bond donors (Lipinski definition) is 3. The Morgan fingerprint density at radius 1 is 1.31 bits per heavy atom. The van der Waals surface area contributed by atoms with Gasteiger partial charge in [0.1, 0.15) is 0 Å². The first-order chi connectivity index (χ1) is 17.0. The van der Waals surface area contributed by atoms with E-state index in [9.17, 15) is 27.9 Å². The van der Waals surface area contributed by atoms with Crippen LogP contribution in [0.4, 0.5) is 18.9 Å². The van der Waals surface area contributed by atoms with Gasteiger partial charge in [0.25, 0.3) is 11.5 Å². The maximum Gasteiger partial charge on any atom is 0.389 e. The summed E-state index contributed by atoms with van der Waals surface area (Å²) in [5.41, 5.74) is -0.219. The van der Waals surface area contributed by atoms with Crippen LogP contribution in [0.1, 0.15) is 49.4 Å². The quantitative estimate of drug-likeness (QED) is 0.460. The normalized spacial score (nSPS) is 17.0. The number of nitrogens with one attached hydrogen (secondary N) is 2. The van der Waals surface area contributed by atoms with Crippen LogP contribution in [0.25, 0.3) is 11.0 Å². The average Bonchev–Trinajstić information content (AvgIpc) is 2.84. The van der Waals surface area contributed by atoms with Crippen LogP contribution in [0.2, 0.25) is 0 Å². The molecule has 2 heterocycles. The van der Waals surface area contributed by atoms with Crippen molar-refractivity contribution in [2.45, 2.75) is 50.8 Å². The highest BCUT2D eigenvalue weighted by molar-refractivity contribution is 8.09. The third-order valence-electron chi connectivity index (χ3n) is 6.09. The van der Waals surface area contributed by atoms with E-state index in [1.165, 1.54) is 18.3 Å². The van der Waals surface area contributed by atoms with Gasteiger partial charge in [0, 0.05) is 30.8 Å². The molecule has 2 aromatic rings. The zero-order valence-electron chi connectivity index (χ0n) is 19.9. The van der Waals surface area contributed by atoms with E-state index in [0.29, 0.717) is 21.0 Å². The molecule has 7 nitrogen and oxygen atoms in total. The summed E-state index contributed by atoms with van der Waals surface area (Å²) in [5.74, 6) is -0.194. The minimum Gasteiger partial charge on any atom is -0.390 e. The fourth-order valence-corrected chi connectivity index (χ4v) is 4.74. The summed E-state index contributed by atoms with van der Waals surface area (Å²) >= 11 is 1.24.